The highest BCUT2D eigenvalue weighted by Gasteiger charge is 2.27. The van der Waals surface area contributed by atoms with Gasteiger partial charge in [0.2, 0.25) is 0 Å². The number of fused-ring (bicyclic) bond motifs is 1. The second-order valence-corrected chi connectivity index (χ2v) is 8.25. The monoisotopic (exact) mass is 450 g/mol. The Morgan fingerprint density at radius 3 is 2.50 bits per heavy atom. The maximum absolute atomic E-state index is 14.0. The summed E-state index contributed by atoms with van der Waals surface area (Å²) in [6.07, 6.45) is -0.461. The van der Waals surface area contributed by atoms with Crippen molar-refractivity contribution in [3.8, 4) is 11.4 Å². The minimum Gasteiger partial charge on any atom is -0.387 e. The van der Waals surface area contributed by atoms with Gasteiger partial charge in [0.05, 0.1) is 41.5 Å². The Kier molecular flexibility index (Phi) is 6.68. The summed E-state index contributed by atoms with van der Waals surface area (Å²) in [4.78, 5) is 21.1. The van der Waals surface area contributed by atoms with Gasteiger partial charge in [-0.2, -0.15) is 5.10 Å². The Balaban J connectivity index is 1.93. The standard InChI is InChI=1S/C21H25F3N6O2/c1-11(2)29-14-6-15(16-9-26-18-5-12(19(23)24)7-28-30(16)18)25-8-13(14)20(31)27-10-17(22)21(3,4)32/h5-9,11,17,19,32H,10H2,1-4H3,(H,25,29)(H,27,31)/t17-/m0/s1. The van der Waals surface area contributed by atoms with Gasteiger partial charge in [-0.15, -0.1) is 0 Å². The third-order valence-electron chi connectivity index (χ3n) is 4.70. The number of nitrogens with one attached hydrogen (secondary N) is 2. The van der Waals surface area contributed by atoms with Crippen LogP contribution in [0.4, 0.5) is 18.9 Å². The summed E-state index contributed by atoms with van der Waals surface area (Å²) in [6, 6.07) is 2.83. The zero-order valence-electron chi connectivity index (χ0n) is 18.1. The summed E-state index contributed by atoms with van der Waals surface area (Å²) < 4.78 is 41.2. The van der Waals surface area contributed by atoms with E-state index in [2.05, 4.69) is 25.7 Å². The van der Waals surface area contributed by atoms with Crippen LogP contribution in [0.15, 0.2) is 30.7 Å². The van der Waals surface area contributed by atoms with Gasteiger partial charge < -0.3 is 15.7 Å². The van der Waals surface area contributed by atoms with Gasteiger partial charge in [-0.05, 0) is 39.8 Å². The predicted molar refractivity (Wildman–Crippen MR) is 113 cm³/mol. The number of carbonyl (C=O) groups excluding carboxylic acids is 1. The Bertz CT molecular complexity index is 1110. The smallest absolute Gasteiger partial charge is 0.265 e. The van der Waals surface area contributed by atoms with Gasteiger partial charge in [0.15, 0.2) is 5.65 Å². The van der Waals surface area contributed by atoms with E-state index in [1.807, 2.05) is 13.8 Å². The Hall–Kier alpha value is -3.21. The number of halogens is 3. The van der Waals surface area contributed by atoms with Crippen molar-refractivity contribution in [3.05, 3.63) is 41.9 Å². The molecule has 32 heavy (non-hydrogen) atoms. The fourth-order valence-electron chi connectivity index (χ4n) is 2.92. The summed E-state index contributed by atoms with van der Waals surface area (Å²) in [6.45, 7) is 6.04. The normalized spacial score (nSPS) is 13.1. The molecule has 0 fully saturated rings. The molecule has 0 aliphatic heterocycles. The molecule has 0 unspecified atom stereocenters. The SMILES string of the molecule is CC(C)Nc1cc(-c2cnc3cc(C(F)F)cnn23)ncc1C(=O)NC[C@H](F)C(C)(C)O. The molecule has 1 atom stereocenters. The van der Waals surface area contributed by atoms with E-state index >= 15 is 0 Å². The first-order valence-electron chi connectivity index (χ1n) is 10.0. The van der Waals surface area contributed by atoms with Crippen molar-refractivity contribution in [2.24, 2.45) is 0 Å². The highest BCUT2D eigenvalue weighted by Crippen LogP contribution is 2.26. The van der Waals surface area contributed by atoms with E-state index in [0.29, 0.717) is 17.1 Å². The molecule has 3 rings (SSSR count). The summed E-state index contributed by atoms with van der Waals surface area (Å²) in [5.41, 5.74) is -0.101. The fraction of sp³-hybridized carbons (Fsp3) is 0.429. The zero-order valence-corrected chi connectivity index (χ0v) is 18.1. The zero-order chi connectivity index (χ0) is 23.6. The molecule has 0 saturated heterocycles. The average Bonchev–Trinajstić information content (AvgIpc) is 3.13. The van der Waals surface area contributed by atoms with Crippen LogP contribution in [0, 0.1) is 0 Å². The van der Waals surface area contributed by atoms with Gasteiger partial charge in [0, 0.05) is 17.8 Å². The first-order chi connectivity index (χ1) is 15.0. The molecule has 0 radical (unpaired) electrons. The molecule has 0 saturated carbocycles. The van der Waals surface area contributed by atoms with Crippen LogP contribution in [0.3, 0.4) is 0 Å². The second kappa shape index (κ2) is 9.11. The number of aliphatic hydroxyl groups is 1. The average molecular weight is 450 g/mol. The largest absolute Gasteiger partial charge is 0.387 e. The number of aromatic nitrogens is 4. The minimum atomic E-state index is -2.66. The predicted octanol–water partition coefficient (Wildman–Crippen LogP) is 3.39. The van der Waals surface area contributed by atoms with Gasteiger partial charge in [0.1, 0.15) is 11.9 Å². The van der Waals surface area contributed by atoms with Crippen molar-refractivity contribution in [3.63, 3.8) is 0 Å². The van der Waals surface area contributed by atoms with Gasteiger partial charge in [0.25, 0.3) is 12.3 Å². The van der Waals surface area contributed by atoms with Crippen LogP contribution in [-0.2, 0) is 0 Å². The number of hydrogen-bond donors (Lipinski definition) is 3. The molecule has 172 valence electrons. The second-order valence-electron chi connectivity index (χ2n) is 8.25. The molecule has 3 N–H and O–H groups in total. The minimum absolute atomic E-state index is 0.0315. The van der Waals surface area contributed by atoms with Gasteiger partial charge in [-0.1, -0.05) is 0 Å². The van der Waals surface area contributed by atoms with Gasteiger partial charge >= 0.3 is 0 Å². The van der Waals surface area contributed by atoms with E-state index in [0.717, 1.165) is 6.20 Å². The van der Waals surface area contributed by atoms with Crippen molar-refractivity contribution in [2.75, 3.05) is 11.9 Å². The molecular weight excluding hydrogens is 425 g/mol. The number of hydrogen-bond acceptors (Lipinski definition) is 6. The van der Waals surface area contributed by atoms with Crippen LogP contribution in [0.25, 0.3) is 17.0 Å². The quantitative estimate of drug-likeness (QED) is 0.486. The van der Waals surface area contributed by atoms with E-state index in [-0.39, 0.29) is 29.4 Å². The van der Waals surface area contributed by atoms with Gasteiger partial charge in [-0.25, -0.2) is 22.7 Å². The Morgan fingerprint density at radius 2 is 1.88 bits per heavy atom. The van der Waals surface area contributed by atoms with Crippen LogP contribution in [-0.4, -0.2) is 55.0 Å². The molecule has 0 aliphatic carbocycles. The maximum Gasteiger partial charge on any atom is 0.265 e. The third kappa shape index (κ3) is 5.16. The summed E-state index contributed by atoms with van der Waals surface area (Å²) in [5, 5.41) is 19.4. The van der Waals surface area contributed by atoms with Gasteiger partial charge in [-0.3, -0.25) is 9.78 Å². The number of carbonyl (C=O) groups is 1. The Morgan fingerprint density at radius 1 is 1.16 bits per heavy atom. The lowest BCUT2D eigenvalue weighted by atomic mass is 10.0. The molecule has 0 aromatic carbocycles. The lowest BCUT2D eigenvalue weighted by molar-refractivity contribution is -0.00177. The summed E-state index contributed by atoms with van der Waals surface area (Å²) in [5.74, 6) is -0.558. The van der Waals surface area contributed by atoms with E-state index < -0.39 is 24.1 Å². The number of rotatable bonds is 8. The summed E-state index contributed by atoms with van der Waals surface area (Å²) in [7, 11) is 0. The molecule has 11 heteroatoms. The van der Waals surface area contributed by atoms with Crippen molar-refractivity contribution >= 4 is 17.2 Å². The van der Waals surface area contributed by atoms with E-state index in [1.54, 1.807) is 6.07 Å². The molecule has 1 amide bonds. The molecule has 8 nitrogen and oxygen atoms in total. The molecule has 0 aliphatic rings. The molecule has 3 heterocycles. The summed E-state index contributed by atoms with van der Waals surface area (Å²) >= 11 is 0. The highest BCUT2D eigenvalue weighted by atomic mass is 19.3. The number of pyridine rings is 1. The highest BCUT2D eigenvalue weighted by molar-refractivity contribution is 6.00. The molecule has 0 spiro atoms. The lowest BCUT2D eigenvalue weighted by Crippen LogP contribution is -2.42. The molecule has 3 aromatic heterocycles. The fourth-order valence-corrected chi connectivity index (χ4v) is 2.92. The molecule has 0 bridgehead atoms. The first kappa shape index (κ1) is 23.5. The van der Waals surface area contributed by atoms with Crippen LogP contribution < -0.4 is 10.6 Å². The number of amides is 1. The Labute approximate surface area is 182 Å². The number of alkyl halides is 3. The lowest BCUT2D eigenvalue weighted by Gasteiger charge is -2.23. The van der Waals surface area contributed by atoms with E-state index in [4.69, 9.17) is 0 Å². The number of nitrogens with zero attached hydrogens (tertiary/aromatic N) is 4. The molecular formula is C21H25F3N6O2. The van der Waals surface area contributed by atoms with Crippen LogP contribution >= 0.6 is 0 Å². The third-order valence-corrected chi connectivity index (χ3v) is 4.70. The van der Waals surface area contributed by atoms with Crippen molar-refractivity contribution in [2.45, 2.75) is 51.9 Å². The van der Waals surface area contributed by atoms with E-state index in [9.17, 15) is 23.1 Å². The van der Waals surface area contributed by atoms with Crippen molar-refractivity contribution in [1.82, 2.24) is 24.9 Å². The first-order valence-corrected chi connectivity index (χ1v) is 10.0. The van der Waals surface area contributed by atoms with Crippen LogP contribution in [0.5, 0.6) is 0 Å². The van der Waals surface area contributed by atoms with Crippen LogP contribution in [0.1, 0.15) is 50.0 Å². The number of imidazole rings is 1. The number of anilines is 1. The topological polar surface area (TPSA) is 104 Å². The molecule has 3 aromatic rings. The van der Waals surface area contributed by atoms with Crippen molar-refractivity contribution in [1.29, 1.82) is 0 Å². The van der Waals surface area contributed by atoms with Crippen LogP contribution in [0.2, 0.25) is 0 Å². The van der Waals surface area contributed by atoms with E-state index in [1.165, 1.54) is 36.8 Å². The maximum atomic E-state index is 14.0. The van der Waals surface area contributed by atoms with Crippen molar-refractivity contribution < 1.29 is 23.1 Å².